The van der Waals surface area contributed by atoms with Gasteiger partial charge in [-0.1, -0.05) is 36.4 Å². The van der Waals surface area contributed by atoms with Crippen molar-refractivity contribution in [1.29, 1.82) is 0 Å². The van der Waals surface area contributed by atoms with Crippen LogP contribution in [0.25, 0.3) is 0 Å². The zero-order valence-corrected chi connectivity index (χ0v) is 18.6. The number of sulfonamides is 1. The molecular weight excluding hydrogens is 434 g/mol. The number of hydrazone groups is 1. The van der Waals surface area contributed by atoms with Crippen molar-refractivity contribution in [2.24, 2.45) is 5.10 Å². The van der Waals surface area contributed by atoms with Gasteiger partial charge in [0.1, 0.15) is 5.75 Å². The van der Waals surface area contributed by atoms with E-state index in [1.54, 1.807) is 31.4 Å². The Balaban J connectivity index is 1.74. The maximum atomic E-state index is 13.2. The molecule has 31 heavy (non-hydrogen) atoms. The number of nitrogens with zero attached hydrogens (tertiary/aromatic N) is 2. The predicted octanol–water partition coefficient (Wildman–Crippen LogP) is 4.12. The van der Waals surface area contributed by atoms with Crippen LogP contribution in [0.15, 0.2) is 71.1 Å². The number of nitrogens with one attached hydrogen (secondary N) is 1. The van der Waals surface area contributed by atoms with E-state index in [0.29, 0.717) is 28.4 Å². The molecule has 2 heterocycles. The fraction of sp³-hybridized carbons (Fsp3) is 0.182. The Morgan fingerprint density at radius 3 is 2.68 bits per heavy atom. The number of carbonyl (C=O) groups is 1. The molecule has 0 spiro atoms. The number of rotatable bonds is 6. The van der Waals surface area contributed by atoms with Crippen molar-refractivity contribution in [2.75, 3.05) is 18.1 Å². The lowest BCUT2D eigenvalue weighted by atomic mass is 9.97. The molecule has 1 amide bonds. The van der Waals surface area contributed by atoms with Crippen LogP contribution in [0, 0.1) is 0 Å². The molecule has 1 unspecified atom stereocenters. The summed E-state index contributed by atoms with van der Waals surface area (Å²) >= 11 is 1.36. The van der Waals surface area contributed by atoms with Crippen molar-refractivity contribution in [2.45, 2.75) is 12.5 Å². The predicted molar refractivity (Wildman–Crippen MR) is 122 cm³/mol. The zero-order valence-electron chi connectivity index (χ0n) is 17.0. The van der Waals surface area contributed by atoms with Crippen LogP contribution in [0.2, 0.25) is 0 Å². The van der Waals surface area contributed by atoms with E-state index in [1.807, 2.05) is 41.8 Å². The molecule has 0 saturated carbocycles. The summed E-state index contributed by atoms with van der Waals surface area (Å²) in [5.74, 6) is 0.492. The van der Waals surface area contributed by atoms with Crippen LogP contribution < -0.4 is 9.46 Å². The number of hydrogen-bond acceptors (Lipinski definition) is 6. The third kappa shape index (κ3) is 4.62. The highest BCUT2D eigenvalue weighted by molar-refractivity contribution is 7.92. The van der Waals surface area contributed by atoms with Crippen molar-refractivity contribution in [3.63, 3.8) is 0 Å². The molecule has 160 valence electrons. The van der Waals surface area contributed by atoms with E-state index in [2.05, 4.69) is 9.82 Å². The minimum atomic E-state index is -3.40. The molecule has 0 bridgehead atoms. The van der Waals surface area contributed by atoms with E-state index in [9.17, 15) is 13.2 Å². The summed E-state index contributed by atoms with van der Waals surface area (Å²) in [5.41, 5.74) is 2.74. The van der Waals surface area contributed by atoms with Crippen LogP contribution in [0.1, 0.15) is 33.3 Å². The molecule has 2 aromatic carbocycles. The number of hydrogen-bond donors (Lipinski definition) is 1. The van der Waals surface area contributed by atoms with Crippen molar-refractivity contribution in [1.82, 2.24) is 5.01 Å². The molecule has 1 aliphatic rings. The third-order valence-corrected chi connectivity index (χ3v) is 6.31. The normalized spacial score (nSPS) is 16.1. The van der Waals surface area contributed by atoms with Gasteiger partial charge >= 0.3 is 0 Å². The average Bonchev–Trinajstić information content (AvgIpc) is 3.42. The Kier molecular flexibility index (Phi) is 5.79. The third-order valence-electron chi connectivity index (χ3n) is 4.85. The van der Waals surface area contributed by atoms with Gasteiger partial charge in [0.05, 0.1) is 30.0 Å². The van der Waals surface area contributed by atoms with Gasteiger partial charge in [0.2, 0.25) is 10.0 Å². The molecule has 0 fully saturated rings. The lowest BCUT2D eigenvalue weighted by Gasteiger charge is -2.23. The highest BCUT2D eigenvalue weighted by atomic mass is 32.2. The Morgan fingerprint density at radius 1 is 1.16 bits per heavy atom. The largest absolute Gasteiger partial charge is 0.496 e. The van der Waals surface area contributed by atoms with Gasteiger partial charge in [-0.05, 0) is 35.2 Å². The summed E-state index contributed by atoms with van der Waals surface area (Å²) in [6.45, 7) is 0. The summed E-state index contributed by atoms with van der Waals surface area (Å²) in [4.78, 5) is 13.8. The van der Waals surface area contributed by atoms with E-state index >= 15 is 0 Å². The Morgan fingerprint density at radius 2 is 1.97 bits per heavy atom. The van der Waals surface area contributed by atoms with Gasteiger partial charge in [-0.2, -0.15) is 5.10 Å². The number of methoxy groups -OCH3 is 1. The lowest BCUT2D eigenvalue weighted by molar-refractivity contribution is 0.0714. The first-order valence-electron chi connectivity index (χ1n) is 9.51. The van der Waals surface area contributed by atoms with Crippen molar-refractivity contribution >= 4 is 38.7 Å². The minimum Gasteiger partial charge on any atom is -0.496 e. The molecule has 0 saturated heterocycles. The van der Waals surface area contributed by atoms with Gasteiger partial charge in [0, 0.05) is 17.7 Å². The second kappa shape index (κ2) is 8.52. The molecule has 9 heteroatoms. The van der Waals surface area contributed by atoms with Crippen LogP contribution in [-0.2, 0) is 10.0 Å². The fourth-order valence-electron chi connectivity index (χ4n) is 3.55. The number of amides is 1. The first kappa shape index (κ1) is 21.1. The zero-order chi connectivity index (χ0) is 22.0. The minimum absolute atomic E-state index is 0.189. The number of ether oxygens (including phenoxy) is 1. The Bertz CT molecular complexity index is 1240. The summed E-state index contributed by atoms with van der Waals surface area (Å²) in [6, 6.07) is 17.8. The quantitative estimate of drug-likeness (QED) is 0.606. The van der Waals surface area contributed by atoms with Crippen LogP contribution in [-0.4, -0.2) is 38.4 Å². The second-order valence-corrected chi connectivity index (χ2v) is 9.79. The van der Waals surface area contributed by atoms with E-state index < -0.39 is 10.0 Å². The van der Waals surface area contributed by atoms with E-state index in [1.165, 1.54) is 16.3 Å². The van der Waals surface area contributed by atoms with Crippen LogP contribution in [0.5, 0.6) is 5.75 Å². The summed E-state index contributed by atoms with van der Waals surface area (Å²) in [7, 11) is -1.81. The standard InChI is InChI=1S/C22H21N3O4S2/c1-29-20-10-4-3-9-17(20)19-14-18(23-25(19)22(26)21-11-6-12-30-21)15-7-5-8-16(13-15)24-31(2,27)28/h3-13,19,24H,14H2,1-2H3. The summed E-state index contributed by atoms with van der Waals surface area (Å²) in [5, 5.41) is 8.01. The smallest absolute Gasteiger partial charge is 0.284 e. The molecule has 0 radical (unpaired) electrons. The first-order valence-corrected chi connectivity index (χ1v) is 12.3. The molecule has 1 N–H and O–H groups in total. The SMILES string of the molecule is COc1ccccc1C1CC(c2cccc(NS(C)(=O)=O)c2)=NN1C(=O)c1cccs1. The molecule has 1 atom stereocenters. The fourth-order valence-corrected chi connectivity index (χ4v) is 4.76. The van der Waals surface area contributed by atoms with Crippen molar-refractivity contribution in [3.05, 3.63) is 82.0 Å². The topological polar surface area (TPSA) is 88.1 Å². The van der Waals surface area contributed by atoms with Gasteiger partial charge in [0.15, 0.2) is 0 Å². The highest BCUT2D eigenvalue weighted by Gasteiger charge is 2.35. The second-order valence-electron chi connectivity index (χ2n) is 7.09. The van der Waals surface area contributed by atoms with Gasteiger partial charge in [-0.25, -0.2) is 13.4 Å². The van der Waals surface area contributed by atoms with E-state index in [-0.39, 0.29) is 11.9 Å². The van der Waals surface area contributed by atoms with E-state index in [4.69, 9.17) is 4.74 Å². The maximum Gasteiger partial charge on any atom is 0.284 e. The van der Waals surface area contributed by atoms with Gasteiger partial charge in [-0.3, -0.25) is 9.52 Å². The van der Waals surface area contributed by atoms with E-state index in [0.717, 1.165) is 17.4 Å². The Hall–Kier alpha value is -3.17. The number of thiophene rings is 1. The van der Waals surface area contributed by atoms with Crippen LogP contribution in [0.4, 0.5) is 5.69 Å². The molecule has 7 nitrogen and oxygen atoms in total. The molecule has 1 aromatic heterocycles. The summed E-state index contributed by atoms with van der Waals surface area (Å²) < 4.78 is 31.2. The van der Waals surface area contributed by atoms with Crippen LogP contribution in [0.3, 0.4) is 0 Å². The maximum absolute atomic E-state index is 13.2. The average molecular weight is 456 g/mol. The number of anilines is 1. The van der Waals surface area contributed by atoms with Gasteiger partial charge in [0.25, 0.3) is 5.91 Å². The van der Waals surface area contributed by atoms with Gasteiger partial charge < -0.3 is 4.74 Å². The number of benzene rings is 2. The molecule has 0 aliphatic carbocycles. The van der Waals surface area contributed by atoms with Crippen molar-refractivity contribution in [3.8, 4) is 5.75 Å². The van der Waals surface area contributed by atoms with Gasteiger partial charge in [-0.15, -0.1) is 11.3 Å². The lowest BCUT2D eigenvalue weighted by Crippen LogP contribution is -2.26. The summed E-state index contributed by atoms with van der Waals surface area (Å²) in [6.07, 6.45) is 1.58. The molecular formula is C22H21N3O4S2. The number of para-hydroxylation sites is 1. The van der Waals surface area contributed by atoms with Crippen LogP contribution >= 0.6 is 11.3 Å². The molecule has 1 aliphatic heterocycles. The molecule has 3 aromatic rings. The highest BCUT2D eigenvalue weighted by Crippen LogP contribution is 2.38. The molecule has 4 rings (SSSR count). The number of carbonyl (C=O) groups excluding carboxylic acids is 1. The Labute approximate surface area is 185 Å². The van der Waals surface area contributed by atoms with Crippen molar-refractivity contribution < 1.29 is 17.9 Å². The first-order chi connectivity index (χ1) is 14.9. The monoisotopic (exact) mass is 455 g/mol.